The third-order valence-electron chi connectivity index (χ3n) is 2.45. The molecule has 1 aliphatic heterocycles. The van der Waals surface area contributed by atoms with E-state index in [0.29, 0.717) is 5.75 Å². The van der Waals surface area contributed by atoms with Gasteiger partial charge >= 0.3 is 12.0 Å². The van der Waals surface area contributed by atoms with Gasteiger partial charge in [-0.2, -0.15) is 0 Å². The van der Waals surface area contributed by atoms with Crippen molar-refractivity contribution in [2.75, 3.05) is 12.8 Å². The molecular weight excluding hydrogens is 270 g/mol. The first-order valence-electron chi connectivity index (χ1n) is 5.98. The molecule has 1 heterocycles. The molecule has 2 N–H and O–H groups in total. The number of nitrogens with zero attached hydrogens (tertiary/aromatic N) is 1. The van der Waals surface area contributed by atoms with E-state index in [4.69, 9.17) is 4.74 Å². The number of imide groups is 1. The van der Waals surface area contributed by atoms with E-state index < -0.39 is 18.1 Å². The van der Waals surface area contributed by atoms with Gasteiger partial charge in [-0.25, -0.2) is 4.79 Å². The summed E-state index contributed by atoms with van der Waals surface area (Å²) in [5.41, 5.74) is 0. The first kappa shape index (κ1) is 15.8. The number of hydrogen-bond acceptors (Lipinski definition) is 6. The van der Waals surface area contributed by atoms with Crippen molar-refractivity contribution in [2.24, 2.45) is 0 Å². The highest BCUT2D eigenvalue weighted by atomic mass is 32.2. The van der Waals surface area contributed by atoms with Gasteiger partial charge in [0, 0.05) is 12.8 Å². The highest BCUT2D eigenvalue weighted by molar-refractivity contribution is 7.97. The molecule has 0 radical (unpaired) electrons. The predicted octanol–water partition coefficient (Wildman–Crippen LogP) is 0.115. The maximum atomic E-state index is 11.6. The third-order valence-corrected chi connectivity index (χ3v) is 3.47. The van der Waals surface area contributed by atoms with Crippen LogP contribution in [0, 0.1) is 0 Å². The summed E-state index contributed by atoms with van der Waals surface area (Å²) >= 11 is 1.21. The van der Waals surface area contributed by atoms with Gasteiger partial charge in [0.25, 0.3) is 5.91 Å². The lowest BCUT2D eigenvalue weighted by Crippen LogP contribution is -2.36. The van der Waals surface area contributed by atoms with Crippen LogP contribution in [0.4, 0.5) is 4.79 Å². The van der Waals surface area contributed by atoms with Crippen LogP contribution in [0.15, 0.2) is 0 Å². The van der Waals surface area contributed by atoms with Gasteiger partial charge in [-0.15, -0.1) is 0 Å². The Hall–Kier alpha value is -1.28. The molecular formula is C11H19N3O4S. The zero-order valence-corrected chi connectivity index (χ0v) is 12.2. The Morgan fingerprint density at radius 1 is 1.47 bits per heavy atom. The lowest BCUT2D eigenvalue weighted by molar-refractivity contribution is -0.148. The lowest BCUT2D eigenvalue weighted by atomic mass is 10.3. The molecule has 7 nitrogen and oxygen atoms in total. The van der Waals surface area contributed by atoms with Crippen molar-refractivity contribution in [3.8, 4) is 0 Å². The minimum atomic E-state index is -0.552. The molecule has 0 bridgehead atoms. The Bertz CT molecular complexity index is 375. The molecule has 0 aromatic rings. The number of urea groups is 1. The Morgan fingerprint density at radius 2 is 2.11 bits per heavy atom. The molecule has 0 saturated carbocycles. The minimum Gasteiger partial charge on any atom is -0.462 e. The van der Waals surface area contributed by atoms with Gasteiger partial charge in [-0.05, 0) is 20.8 Å². The Morgan fingerprint density at radius 3 is 2.58 bits per heavy atom. The fourth-order valence-corrected chi connectivity index (χ4v) is 2.23. The van der Waals surface area contributed by atoms with Crippen molar-refractivity contribution >= 4 is 29.9 Å². The molecule has 0 aromatic carbocycles. The second-order valence-corrected chi connectivity index (χ2v) is 5.39. The van der Waals surface area contributed by atoms with E-state index in [9.17, 15) is 14.4 Å². The molecule has 0 aliphatic carbocycles. The zero-order chi connectivity index (χ0) is 14.6. The summed E-state index contributed by atoms with van der Waals surface area (Å²) in [5, 5.41) is 2.55. The van der Waals surface area contributed by atoms with Crippen LogP contribution in [0.2, 0.25) is 0 Å². The molecule has 108 valence electrons. The average molecular weight is 289 g/mol. The first-order chi connectivity index (χ1) is 8.82. The van der Waals surface area contributed by atoms with Gasteiger partial charge in [-0.3, -0.25) is 19.2 Å². The molecule has 1 fully saturated rings. The number of likely N-dealkylation sites (N-methyl/N-ethyl adjacent to an activating group) is 1. The molecule has 1 saturated heterocycles. The quantitative estimate of drug-likeness (QED) is 0.410. The number of esters is 1. The number of carbonyl (C=O) groups is 3. The van der Waals surface area contributed by atoms with Crippen LogP contribution in [0.1, 0.15) is 20.8 Å². The summed E-state index contributed by atoms with van der Waals surface area (Å²) in [6.45, 7) is 5.24. The number of ether oxygens (including phenoxy) is 1. The number of nitrogens with one attached hydrogen (secondary N) is 2. The molecule has 3 amide bonds. The minimum absolute atomic E-state index is 0.161. The van der Waals surface area contributed by atoms with Crippen LogP contribution in [0.3, 0.4) is 0 Å². The Labute approximate surface area is 116 Å². The van der Waals surface area contributed by atoms with Crippen molar-refractivity contribution < 1.29 is 19.1 Å². The normalized spacial score (nSPS) is 20.7. The molecule has 0 spiro atoms. The molecule has 19 heavy (non-hydrogen) atoms. The maximum Gasteiger partial charge on any atom is 0.324 e. The molecule has 1 aliphatic rings. The van der Waals surface area contributed by atoms with Gasteiger partial charge in [0.15, 0.2) is 0 Å². The maximum absolute atomic E-state index is 11.6. The van der Waals surface area contributed by atoms with E-state index in [-0.39, 0.29) is 18.0 Å². The van der Waals surface area contributed by atoms with E-state index >= 15 is 0 Å². The molecule has 1 rings (SSSR count). The largest absolute Gasteiger partial charge is 0.462 e. The van der Waals surface area contributed by atoms with Crippen LogP contribution in [-0.2, 0) is 14.3 Å². The van der Waals surface area contributed by atoms with E-state index in [2.05, 4.69) is 10.0 Å². The SMILES string of the molecule is CC(C)OC(=O)[C@@H](C)NSCC1NC(=O)N(C)C1=O. The molecule has 0 aromatic heterocycles. The van der Waals surface area contributed by atoms with Crippen molar-refractivity contribution in [3.05, 3.63) is 0 Å². The summed E-state index contributed by atoms with van der Waals surface area (Å²) in [4.78, 5) is 35.3. The standard InChI is InChI=1S/C11H19N3O4S/c1-6(2)18-10(16)7(3)13-19-5-8-9(15)14(4)11(17)12-8/h6-8,13H,5H2,1-4H3,(H,12,17)/t7-,8?/m1/s1. The Balaban J connectivity index is 2.29. The summed E-state index contributed by atoms with van der Waals surface area (Å²) in [6, 6.07) is -1.43. The van der Waals surface area contributed by atoms with Gasteiger partial charge in [-0.1, -0.05) is 11.9 Å². The van der Waals surface area contributed by atoms with Gasteiger partial charge < -0.3 is 10.1 Å². The third kappa shape index (κ3) is 4.39. The smallest absolute Gasteiger partial charge is 0.324 e. The van der Waals surface area contributed by atoms with Crippen LogP contribution < -0.4 is 10.0 Å². The summed E-state index contributed by atoms with van der Waals surface area (Å²) in [7, 11) is 1.43. The van der Waals surface area contributed by atoms with E-state index in [1.807, 2.05) is 0 Å². The predicted molar refractivity (Wildman–Crippen MR) is 71.4 cm³/mol. The average Bonchev–Trinajstić information content (AvgIpc) is 2.56. The van der Waals surface area contributed by atoms with Crippen LogP contribution in [0.25, 0.3) is 0 Å². The molecule has 2 atom stereocenters. The van der Waals surface area contributed by atoms with Crippen molar-refractivity contribution in [2.45, 2.75) is 39.0 Å². The van der Waals surface area contributed by atoms with Crippen molar-refractivity contribution in [3.63, 3.8) is 0 Å². The second-order valence-electron chi connectivity index (χ2n) is 4.54. The second kappa shape index (κ2) is 6.76. The summed E-state index contributed by atoms with van der Waals surface area (Å²) in [6.07, 6.45) is -0.161. The first-order valence-corrected chi connectivity index (χ1v) is 6.97. The highest BCUT2D eigenvalue weighted by Gasteiger charge is 2.35. The fourth-order valence-electron chi connectivity index (χ4n) is 1.39. The van der Waals surface area contributed by atoms with Crippen LogP contribution >= 0.6 is 11.9 Å². The lowest BCUT2D eigenvalue weighted by Gasteiger charge is -2.15. The summed E-state index contributed by atoms with van der Waals surface area (Å²) in [5.74, 6) is -0.257. The number of amides is 3. The zero-order valence-electron chi connectivity index (χ0n) is 11.4. The highest BCUT2D eigenvalue weighted by Crippen LogP contribution is 2.09. The van der Waals surface area contributed by atoms with Gasteiger partial charge in [0.2, 0.25) is 0 Å². The van der Waals surface area contributed by atoms with Crippen LogP contribution in [0.5, 0.6) is 0 Å². The molecule has 8 heteroatoms. The Kier molecular flexibility index (Phi) is 5.61. The van der Waals surface area contributed by atoms with E-state index in [0.717, 1.165) is 4.90 Å². The van der Waals surface area contributed by atoms with Gasteiger partial charge in [0.1, 0.15) is 12.1 Å². The topological polar surface area (TPSA) is 87.7 Å². The van der Waals surface area contributed by atoms with E-state index in [1.54, 1.807) is 20.8 Å². The van der Waals surface area contributed by atoms with Crippen molar-refractivity contribution in [1.29, 1.82) is 0 Å². The number of rotatable bonds is 6. The summed E-state index contributed by atoms with van der Waals surface area (Å²) < 4.78 is 7.92. The van der Waals surface area contributed by atoms with E-state index in [1.165, 1.54) is 19.0 Å². The molecule has 1 unspecified atom stereocenters. The van der Waals surface area contributed by atoms with Crippen LogP contribution in [-0.4, -0.2) is 53.8 Å². The number of carbonyl (C=O) groups excluding carboxylic acids is 3. The van der Waals surface area contributed by atoms with Gasteiger partial charge in [0.05, 0.1) is 6.10 Å². The monoisotopic (exact) mass is 289 g/mol. The number of hydrogen-bond donors (Lipinski definition) is 2. The fraction of sp³-hybridized carbons (Fsp3) is 0.727. The van der Waals surface area contributed by atoms with Crippen molar-refractivity contribution in [1.82, 2.24) is 14.9 Å².